The smallest absolute Gasteiger partial charge is 0.262 e. The van der Waals surface area contributed by atoms with Crippen molar-refractivity contribution < 1.29 is 19.1 Å². The van der Waals surface area contributed by atoms with E-state index in [4.69, 9.17) is 4.74 Å². The minimum absolute atomic E-state index is 0.118. The molecule has 0 spiro atoms. The lowest BCUT2D eigenvalue weighted by Gasteiger charge is -2.49. The normalized spacial score (nSPS) is 19.9. The Kier molecular flexibility index (Phi) is 7.95. The molecule has 5 rings (SSSR count). The van der Waals surface area contributed by atoms with Gasteiger partial charge in [0.2, 0.25) is 0 Å². The van der Waals surface area contributed by atoms with Crippen LogP contribution in [-0.2, 0) is 14.4 Å². The summed E-state index contributed by atoms with van der Waals surface area (Å²) in [5, 5.41) is 2.89. The fraction of sp³-hybridized carbons (Fsp3) is 0.472. The van der Waals surface area contributed by atoms with Crippen LogP contribution in [0.5, 0.6) is 5.75 Å². The molecule has 0 radical (unpaired) electrons. The quantitative estimate of drug-likeness (QED) is 0.376. The summed E-state index contributed by atoms with van der Waals surface area (Å²) >= 11 is 0. The Bertz CT molecular complexity index is 1440. The van der Waals surface area contributed by atoms with Crippen LogP contribution in [0.2, 0.25) is 0 Å². The third kappa shape index (κ3) is 5.95. The van der Waals surface area contributed by atoms with E-state index in [1.165, 1.54) is 5.56 Å². The second-order valence-electron chi connectivity index (χ2n) is 13.9. The molecule has 0 bridgehead atoms. The third-order valence-electron chi connectivity index (χ3n) is 8.84. The van der Waals surface area contributed by atoms with Crippen molar-refractivity contribution in [3.63, 3.8) is 0 Å². The molecule has 222 valence electrons. The van der Waals surface area contributed by atoms with Gasteiger partial charge in [0.05, 0.1) is 0 Å². The zero-order valence-electron chi connectivity index (χ0n) is 26.1. The average molecular weight is 569 g/mol. The summed E-state index contributed by atoms with van der Waals surface area (Å²) in [6.45, 7) is 15.5. The number of allylic oxidation sites excluding steroid dienone is 4. The second kappa shape index (κ2) is 11.2. The molecule has 2 aromatic carbocycles. The van der Waals surface area contributed by atoms with E-state index in [-0.39, 0.29) is 40.8 Å². The van der Waals surface area contributed by atoms with Gasteiger partial charge in [-0.1, -0.05) is 52.8 Å². The first-order valence-electron chi connectivity index (χ1n) is 15.2. The van der Waals surface area contributed by atoms with Crippen LogP contribution in [0.4, 0.5) is 5.69 Å². The van der Waals surface area contributed by atoms with Gasteiger partial charge in [-0.2, -0.15) is 0 Å². The summed E-state index contributed by atoms with van der Waals surface area (Å²) in [5.41, 5.74) is 7.44. The predicted molar refractivity (Wildman–Crippen MR) is 166 cm³/mol. The molecule has 0 unspecified atom stereocenters. The van der Waals surface area contributed by atoms with Gasteiger partial charge < -0.3 is 15.0 Å². The number of anilines is 1. The van der Waals surface area contributed by atoms with E-state index in [2.05, 4.69) is 44.8 Å². The lowest BCUT2D eigenvalue weighted by atomic mass is 9.63. The molecule has 1 aliphatic heterocycles. The van der Waals surface area contributed by atoms with Gasteiger partial charge in [0.1, 0.15) is 5.75 Å². The largest absolute Gasteiger partial charge is 0.484 e. The lowest BCUT2D eigenvalue weighted by Crippen LogP contribution is -2.44. The summed E-state index contributed by atoms with van der Waals surface area (Å²) in [7, 11) is 0. The fourth-order valence-electron chi connectivity index (χ4n) is 6.80. The number of amides is 1. The molecular weight excluding hydrogens is 524 g/mol. The second-order valence-corrected chi connectivity index (χ2v) is 13.9. The van der Waals surface area contributed by atoms with E-state index >= 15 is 0 Å². The van der Waals surface area contributed by atoms with Crippen LogP contribution in [-0.4, -0.2) is 35.5 Å². The molecular formula is C36H44N2O4. The van der Waals surface area contributed by atoms with Crippen LogP contribution in [0, 0.1) is 24.7 Å². The maximum atomic E-state index is 13.8. The van der Waals surface area contributed by atoms with Gasteiger partial charge in [-0.25, -0.2) is 0 Å². The molecule has 2 aromatic rings. The lowest BCUT2D eigenvalue weighted by molar-refractivity contribution is -0.120. The van der Waals surface area contributed by atoms with Gasteiger partial charge in [-0.15, -0.1) is 0 Å². The number of rotatable bonds is 7. The predicted octanol–water partition coefficient (Wildman–Crippen LogP) is 7.42. The molecule has 1 heterocycles. The molecule has 0 aromatic heterocycles. The number of carbonyl (C=O) groups excluding carboxylic acids is 3. The van der Waals surface area contributed by atoms with Gasteiger partial charge in [0.15, 0.2) is 18.2 Å². The number of benzene rings is 2. The topological polar surface area (TPSA) is 75.7 Å². The summed E-state index contributed by atoms with van der Waals surface area (Å²) in [6.07, 6.45) is 3.51. The summed E-state index contributed by atoms with van der Waals surface area (Å²) in [4.78, 5) is 42.5. The van der Waals surface area contributed by atoms with Crippen molar-refractivity contribution in [1.29, 1.82) is 0 Å². The monoisotopic (exact) mass is 568 g/mol. The number of hydrogen-bond acceptors (Lipinski definition) is 5. The van der Waals surface area contributed by atoms with Gasteiger partial charge in [-0.05, 0) is 84.9 Å². The van der Waals surface area contributed by atoms with E-state index in [0.29, 0.717) is 18.6 Å². The van der Waals surface area contributed by atoms with E-state index < -0.39 is 0 Å². The van der Waals surface area contributed by atoms with Gasteiger partial charge in [-0.3, -0.25) is 14.4 Å². The molecule has 2 aliphatic carbocycles. The molecule has 6 nitrogen and oxygen atoms in total. The molecule has 0 atom stereocenters. The highest BCUT2D eigenvalue weighted by atomic mass is 16.5. The van der Waals surface area contributed by atoms with E-state index in [1.807, 2.05) is 56.3 Å². The number of nitrogens with one attached hydrogen (secondary N) is 1. The van der Waals surface area contributed by atoms with Gasteiger partial charge >= 0.3 is 0 Å². The zero-order chi connectivity index (χ0) is 30.4. The molecule has 0 saturated carbocycles. The van der Waals surface area contributed by atoms with Crippen LogP contribution in [0.1, 0.15) is 89.3 Å². The molecule has 1 N–H and O–H groups in total. The SMILES string of the molecule is CCCN1C2=C(C(=O)CC(C)(C)C2)C(c2ccc(OCC(=O)Nc3ccc(C)c(C)c3)cc2)C2=C1CC(C)(C)CC2=O. The van der Waals surface area contributed by atoms with Crippen molar-refractivity contribution in [2.75, 3.05) is 18.5 Å². The number of hydrogen-bond donors (Lipinski definition) is 1. The van der Waals surface area contributed by atoms with Crippen molar-refractivity contribution in [3.05, 3.63) is 81.7 Å². The van der Waals surface area contributed by atoms with Crippen LogP contribution in [0.15, 0.2) is 65.0 Å². The Morgan fingerprint density at radius 3 is 1.95 bits per heavy atom. The van der Waals surface area contributed by atoms with Gasteiger partial charge in [0, 0.05) is 53.5 Å². The first-order valence-corrected chi connectivity index (χ1v) is 15.2. The number of carbonyl (C=O) groups is 3. The van der Waals surface area contributed by atoms with Crippen LogP contribution < -0.4 is 10.1 Å². The Balaban J connectivity index is 1.44. The van der Waals surface area contributed by atoms with Crippen LogP contribution in [0.25, 0.3) is 0 Å². The molecule has 6 heteroatoms. The summed E-state index contributed by atoms with van der Waals surface area (Å²) in [5.74, 6) is 0.228. The number of ether oxygens (including phenoxy) is 1. The fourth-order valence-corrected chi connectivity index (χ4v) is 6.80. The first-order chi connectivity index (χ1) is 19.8. The highest BCUT2D eigenvalue weighted by molar-refractivity contribution is 6.06. The Morgan fingerprint density at radius 1 is 0.857 bits per heavy atom. The third-order valence-corrected chi connectivity index (χ3v) is 8.84. The Hall–Kier alpha value is -3.67. The number of ketones is 2. The van der Waals surface area contributed by atoms with E-state index in [9.17, 15) is 14.4 Å². The molecule has 0 saturated heterocycles. The Morgan fingerprint density at radius 2 is 1.43 bits per heavy atom. The molecule has 1 amide bonds. The number of Topliss-reactive ketones (excluding diaryl/α,β-unsaturated/α-hetero) is 2. The summed E-state index contributed by atoms with van der Waals surface area (Å²) in [6, 6.07) is 13.4. The minimum Gasteiger partial charge on any atom is -0.484 e. The van der Waals surface area contributed by atoms with Crippen LogP contribution in [0.3, 0.4) is 0 Å². The molecule has 3 aliphatic rings. The highest BCUT2D eigenvalue weighted by Gasteiger charge is 2.48. The van der Waals surface area contributed by atoms with Crippen molar-refractivity contribution >= 4 is 23.2 Å². The Labute approximate surface area is 250 Å². The average Bonchev–Trinajstić information content (AvgIpc) is 2.89. The van der Waals surface area contributed by atoms with E-state index in [0.717, 1.165) is 65.2 Å². The maximum absolute atomic E-state index is 13.8. The van der Waals surface area contributed by atoms with E-state index in [1.54, 1.807) is 0 Å². The highest BCUT2D eigenvalue weighted by Crippen LogP contribution is 2.54. The summed E-state index contributed by atoms with van der Waals surface area (Å²) < 4.78 is 5.82. The number of aryl methyl sites for hydroxylation is 2. The van der Waals surface area contributed by atoms with Crippen molar-refractivity contribution in [2.45, 2.75) is 86.5 Å². The van der Waals surface area contributed by atoms with Crippen LogP contribution >= 0.6 is 0 Å². The van der Waals surface area contributed by atoms with Gasteiger partial charge in [0.25, 0.3) is 5.91 Å². The zero-order valence-corrected chi connectivity index (χ0v) is 26.1. The van der Waals surface area contributed by atoms with Crippen molar-refractivity contribution in [2.24, 2.45) is 10.8 Å². The minimum atomic E-state index is -0.377. The number of nitrogens with zero attached hydrogens (tertiary/aromatic N) is 1. The first kappa shape index (κ1) is 29.8. The molecule has 0 fully saturated rings. The molecule has 42 heavy (non-hydrogen) atoms. The van der Waals surface area contributed by atoms with Crippen molar-refractivity contribution in [3.8, 4) is 5.75 Å². The van der Waals surface area contributed by atoms with Crippen molar-refractivity contribution in [1.82, 2.24) is 4.90 Å². The maximum Gasteiger partial charge on any atom is 0.262 e. The standard InChI is InChI=1S/C36H44N2O4/c1-8-15-38-27-17-35(4,5)19-29(39)33(27)32(34-28(38)18-36(6,7)20-30(34)40)24-10-13-26(14-11-24)42-21-31(41)37-25-12-9-22(2)23(3)16-25/h9-14,16,32H,8,15,17-21H2,1-7H3,(H,37,41).